The molecule has 0 heteroatoms. The van der Waals surface area contributed by atoms with Gasteiger partial charge < -0.3 is 0 Å². The lowest BCUT2D eigenvalue weighted by Gasteiger charge is -2.13. The zero-order valence-electron chi connectivity index (χ0n) is 16.1. The Hall–Kier alpha value is -3.38. The lowest BCUT2D eigenvalue weighted by molar-refractivity contribution is 1.50. The first kappa shape index (κ1) is 15.7. The molecule has 0 amide bonds. The zero-order chi connectivity index (χ0) is 18.8. The van der Waals surface area contributed by atoms with E-state index in [0.29, 0.717) is 0 Å². The van der Waals surface area contributed by atoms with Crippen molar-refractivity contribution in [2.75, 3.05) is 0 Å². The number of fused-ring (bicyclic) bond motifs is 8. The fraction of sp³-hybridized carbons (Fsp3) is 0.0714. The van der Waals surface area contributed by atoms with Gasteiger partial charge in [-0.15, -0.1) is 0 Å². The minimum Gasteiger partial charge on any atom is -0.0616 e. The molecule has 28 heavy (non-hydrogen) atoms. The molecule has 0 fully saturated rings. The first-order chi connectivity index (χ1) is 13.7. The molecule has 0 N–H and O–H groups in total. The van der Waals surface area contributed by atoms with E-state index >= 15 is 0 Å². The lowest BCUT2D eigenvalue weighted by Crippen LogP contribution is -1.87. The second kappa shape index (κ2) is 5.56. The van der Waals surface area contributed by atoms with E-state index in [9.17, 15) is 0 Å². The molecule has 6 rings (SSSR count). The molecule has 0 aromatic heterocycles. The third-order valence-corrected chi connectivity index (χ3v) is 6.15. The molecule has 6 aromatic rings. The van der Waals surface area contributed by atoms with Crippen molar-refractivity contribution in [3.8, 4) is 0 Å². The molecule has 0 nitrogen and oxygen atoms in total. The second-order valence-electron chi connectivity index (χ2n) is 7.99. The van der Waals surface area contributed by atoms with Crippen molar-refractivity contribution in [3.05, 3.63) is 96.1 Å². The van der Waals surface area contributed by atoms with Crippen LogP contribution in [0.2, 0.25) is 0 Å². The Morgan fingerprint density at radius 2 is 1.11 bits per heavy atom. The number of aryl methyl sites for hydroxylation is 2. The van der Waals surface area contributed by atoms with E-state index < -0.39 is 0 Å². The highest BCUT2D eigenvalue weighted by molar-refractivity contribution is 6.24. The van der Waals surface area contributed by atoms with Crippen molar-refractivity contribution >= 4 is 53.9 Å². The van der Waals surface area contributed by atoms with E-state index in [-0.39, 0.29) is 0 Å². The molecule has 0 atom stereocenters. The van der Waals surface area contributed by atoms with Crippen molar-refractivity contribution in [2.45, 2.75) is 13.8 Å². The van der Waals surface area contributed by atoms with E-state index in [4.69, 9.17) is 0 Å². The van der Waals surface area contributed by atoms with E-state index in [1.54, 1.807) is 0 Å². The van der Waals surface area contributed by atoms with Crippen LogP contribution in [0.1, 0.15) is 11.1 Å². The van der Waals surface area contributed by atoms with Crippen LogP contribution in [-0.2, 0) is 0 Å². The number of hydrogen-bond donors (Lipinski definition) is 0. The fourth-order valence-corrected chi connectivity index (χ4v) is 4.83. The maximum atomic E-state index is 2.35. The van der Waals surface area contributed by atoms with Crippen molar-refractivity contribution in [2.24, 2.45) is 0 Å². The van der Waals surface area contributed by atoms with Crippen molar-refractivity contribution in [1.82, 2.24) is 0 Å². The van der Waals surface area contributed by atoms with Crippen LogP contribution in [0.15, 0.2) is 84.9 Å². The van der Waals surface area contributed by atoms with Crippen LogP contribution in [0.5, 0.6) is 0 Å². The average Bonchev–Trinajstić information content (AvgIpc) is 2.71. The standard InChI is InChI=1S/C28H20/c1-17-7-9-23-22(13-17)14-18(2)28-25(23)12-11-24-26(28)10-8-21-15-19-5-3-4-6-20(19)16-27(21)24/h3-16H,1-2H3. The van der Waals surface area contributed by atoms with E-state index in [2.05, 4.69) is 98.8 Å². The molecule has 0 bridgehead atoms. The smallest absolute Gasteiger partial charge is 0.00694 e. The van der Waals surface area contributed by atoms with Gasteiger partial charge in [0.1, 0.15) is 0 Å². The molecule has 0 saturated heterocycles. The maximum absolute atomic E-state index is 2.35. The normalized spacial score (nSPS) is 11.9. The molecule has 6 aromatic carbocycles. The van der Waals surface area contributed by atoms with Gasteiger partial charge in [-0.05, 0) is 85.4 Å². The minimum atomic E-state index is 1.30. The predicted molar refractivity (Wildman–Crippen MR) is 123 cm³/mol. The summed E-state index contributed by atoms with van der Waals surface area (Å²) in [5.74, 6) is 0. The molecule has 0 spiro atoms. The molecule has 0 unspecified atom stereocenters. The summed E-state index contributed by atoms with van der Waals surface area (Å²) in [6.07, 6.45) is 0. The summed E-state index contributed by atoms with van der Waals surface area (Å²) in [5, 5.41) is 13.3. The predicted octanol–water partition coefficient (Wildman–Crippen LogP) is 8.07. The summed E-state index contributed by atoms with van der Waals surface area (Å²) in [7, 11) is 0. The van der Waals surface area contributed by atoms with Gasteiger partial charge >= 0.3 is 0 Å². The largest absolute Gasteiger partial charge is 0.0616 e. The van der Waals surface area contributed by atoms with Gasteiger partial charge in [0.05, 0.1) is 0 Å². The van der Waals surface area contributed by atoms with Crippen molar-refractivity contribution in [1.29, 1.82) is 0 Å². The highest BCUT2D eigenvalue weighted by atomic mass is 14.1. The average molecular weight is 356 g/mol. The second-order valence-corrected chi connectivity index (χ2v) is 7.99. The van der Waals surface area contributed by atoms with Crippen LogP contribution in [-0.4, -0.2) is 0 Å². The van der Waals surface area contributed by atoms with E-state index in [0.717, 1.165) is 0 Å². The fourth-order valence-electron chi connectivity index (χ4n) is 4.83. The molecule has 0 aliphatic rings. The number of rotatable bonds is 0. The third kappa shape index (κ3) is 2.12. The molecule has 0 aliphatic heterocycles. The summed E-state index contributed by atoms with van der Waals surface area (Å²) in [6.45, 7) is 4.41. The number of benzene rings is 6. The zero-order valence-corrected chi connectivity index (χ0v) is 16.1. The molecular weight excluding hydrogens is 336 g/mol. The molecule has 132 valence electrons. The Morgan fingerprint density at radius 3 is 1.96 bits per heavy atom. The summed E-state index contributed by atoms with van der Waals surface area (Å²) >= 11 is 0. The van der Waals surface area contributed by atoms with Gasteiger partial charge in [0.15, 0.2) is 0 Å². The quantitative estimate of drug-likeness (QED) is 0.191. The molecule has 0 radical (unpaired) electrons. The Labute approximate surface area is 164 Å². The van der Waals surface area contributed by atoms with Gasteiger partial charge in [-0.2, -0.15) is 0 Å². The first-order valence-electron chi connectivity index (χ1n) is 9.87. The molecular formula is C28H20. The van der Waals surface area contributed by atoms with Gasteiger partial charge in [0.25, 0.3) is 0 Å². The lowest BCUT2D eigenvalue weighted by atomic mass is 9.90. The topological polar surface area (TPSA) is 0 Å². The Kier molecular flexibility index (Phi) is 3.11. The molecule has 0 heterocycles. The van der Waals surface area contributed by atoms with Gasteiger partial charge in [-0.25, -0.2) is 0 Å². The third-order valence-electron chi connectivity index (χ3n) is 6.15. The summed E-state index contributed by atoms with van der Waals surface area (Å²) in [6, 6.07) is 31.6. The summed E-state index contributed by atoms with van der Waals surface area (Å²) < 4.78 is 0. The number of hydrogen-bond acceptors (Lipinski definition) is 0. The maximum Gasteiger partial charge on any atom is -0.00694 e. The Bertz CT molecular complexity index is 1570. The molecule has 0 aliphatic carbocycles. The SMILES string of the molecule is Cc1ccc2c(c1)cc(C)c1c2ccc2c3cc4ccccc4cc3ccc21. The van der Waals surface area contributed by atoms with Gasteiger partial charge in [-0.1, -0.05) is 78.4 Å². The van der Waals surface area contributed by atoms with Crippen molar-refractivity contribution < 1.29 is 0 Å². The van der Waals surface area contributed by atoms with E-state index in [1.807, 2.05) is 0 Å². The summed E-state index contributed by atoms with van der Waals surface area (Å²) in [5.41, 5.74) is 2.66. The van der Waals surface area contributed by atoms with Gasteiger partial charge in [0, 0.05) is 0 Å². The van der Waals surface area contributed by atoms with Crippen LogP contribution in [0, 0.1) is 13.8 Å². The van der Waals surface area contributed by atoms with Crippen LogP contribution >= 0.6 is 0 Å². The monoisotopic (exact) mass is 356 g/mol. The van der Waals surface area contributed by atoms with Gasteiger partial charge in [0.2, 0.25) is 0 Å². The van der Waals surface area contributed by atoms with Crippen LogP contribution < -0.4 is 0 Å². The van der Waals surface area contributed by atoms with Crippen LogP contribution in [0.4, 0.5) is 0 Å². The van der Waals surface area contributed by atoms with Crippen molar-refractivity contribution in [3.63, 3.8) is 0 Å². The highest BCUT2D eigenvalue weighted by Gasteiger charge is 2.10. The Morgan fingerprint density at radius 1 is 0.429 bits per heavy atom. The Balaban J connectivity index is 1.81. The van der Waals surface area contributed by atoms with E-state index in [1.165, 1.54) is 65.0 Å². The van der Waals surface area contributed by atoms with Crippen LogP contribution in [0.25, 0.3) is 53.9 Å². The summed E-state index contributed by atoms with van der Waals surface area (Å²) in [4.78, 5) is 0. The van der Waals surface area contributed by atoms with Crippen LogP contribution in [0.3, 0.4) is 0 Å². The molecule has 0 saturated carbocycles. The first-order valence-corrected chi connectivity index (χ1v) is 9.87. The van der Waals surface area contributed by atoms with Gasteiger partial charge in [-0.3, -0.25) is 0 Å². The minimum absolute atomic E-state index is 1.30. The highest BCUT2D eigenvalue weighted by Crippen LogP contribution is 2.37.